The number of hydrogen-bond donors (Lipinski definition) is 1. The quantitative estimate of drug-likeness (QED) is 0.788. The van der Waals surface area contributed by atoms with Gasteiger partial charge < -0.3 is 5.32 Å². The van der Waals surface area contributed by atoms with E-state index in [2.05, 4.69) is 23.5 Å². The van der Waals surface area contributed by atoms with E-state index in [1.807, 2.05) is 0 Å². The van der Waals surface area contributed by atoms with Gasteiger partial charge >= 0.3 is 0 Å². The molecule has 1 aliphatic heterocycles. The second-order valence-electron chi connectivity index (χ2n) is 5.01. The SMILES string of the molecule is C=CCN=C1S[C@@H](C(=O)Nc2ccc(Cl)cc2)CC(=O)N1CC=C. The molecule has 1 heterocycles. The minimum absolute atomic E-state index is 0.116. The second kappa shape index (κ2) is 8.70. The van der Waals surface area contributed by atoms with Gasteiger partial charge in [0.1, 0.15) is 5.25 Å². The van der Waals surface area contributed by atoms with Gasteiger partial charge in [-0.3, -0.25) is 19.5 Å². The van der Waals surface area contributed by atoms with Gasteiger partial charge in [-0.15, -0.1) is 13.2 Å². The van der Waals surface area contributed by atoms with Crippen LogP contribution in [0.1, 0.15) is 6.42 Å². The summed E-state index contributed by atoms with van der Waals surface area (Å²) in [5.74, 6) is -0.382. The fourth-order valence-corrected chi connectivity index (χ4v) is 3.31. The standard InChI is InChI=1S/C17H18ClN3O2S/c1-3-9-19-17-21(10-4-2)15(22)11-14(24-17)16(23)20-13-7-5-12(18)6-8-13/h3-8,14H,1-2,9-11H2,(H,20,23)/t14-/m1/s1. The number of benzene rings is 1. The molecule has 1 fully saturated rings. The number of amides is 2. The lowest BCUT2D eigenvalue weighted by Gasteiger charge is -2.31. The van der Waals surface area contributed by atoms with Gasteiger partial charge in [-0.05, 0) is 24.3 Å². The Morgan fingerprint density at radius 3 is 2.71 bits per heavy atom. The summed E-state index contributed by atoms with van der Waals surface area (Å²) < 4.78 is 0. The molecule has 2 rings (SSSR count). The molecule has 24 heavy (non-hydrogen) atoms. The Bertz CT molecular complexity index is 673. The molecule has 1 saturated heterocycles. The Morgan fingerprint density at radius 2 is 2.08 bits per heavy atom. The number of amidine groups is 1. The Morgan fingerprint density at radius 1 is 1.38 bits per heavy atom. The fraction of sp³-hybridized carbons (Fsp3) is 0.235. The maximum absolute atomic E-state index is 12.5. The summed E-state index contributed by atoms with van der Waals surface area (Å²) in [4.78, 5) is 30.6. The van der Waals surface area contributed by atoms with Gasteiger partial charge in [-0.25, -0.2) is 0 Å². The number of anilines is 1. The zero-order valence-corrected chi connectivity index (χ0v) is 14.6. The van der Waals surface area contributed by atoms with Crippen molar-refractivity contribution in [2.24, 2.45) is 4.99 Å². The molecule has 1 aromatic rings. The number of aliphatic imine (C=N–C) groups is 1. The molecule has 0 saturated carbocycles. The van der Waals surface area contributed by atoms with Gasteiger partial charge in [-0.2, -0.15) is 0 Å². The number of hydrogen-bond acceptors (Lipinski definition) is 4. The van der Waals surface area contributed by atoms with Gasteiger partial charge in [0.2, 0.25) is 11.8 Å². The van der Waals surface area contributed by atoms with Crippen molar-refractivity contribution < 1.29 is 9.59 Å². The molecule has 0 aliphatic carbocycles. The first-order valence-corrected chi connectivity index (χ1v) is 8.60. The van der Waals surface area contributed by atoms with Crippen molar-refractivity contribution in [3.63, 3.8) is 0 Å². The molecule has 0 unspecified atom stereocenters. The van der Waals surface area contributed by atoms with E-state index in [1.165, 1.54) is 16.7 Å². The van der Waals surface area contributed by atoms with Crippen molar-refractivity contribution in [2.75, 3.05) is 18.4 Å². The third-order valence-electron chi connectivity index (χ3n) is 3.21. The highest BCUT2D eigenvalue weighted by molar-refractivity contribution is 8.15. The van der Waals surface area contributed by atoms with E-state index in [1.54, 1.807) is 36.4 Å². The predicted molar refractivity (Wildman–Crippen MR) is 100 cm³/mol. The zero-order chi connectivity index (χ0) is 17.5. The van der Waals surface area contributed by atoms with Crippen LogP contribution < -0.4 is 5.32 Å². The van der Waals surface area contributed by atoms with Crippen LogP contribution in [-0.4, -0.2) is 40.2 Å². The summed E-state index contributed by atoms with van der Waals surface area (Å²) in [7, 11) is 0. The van der Waals surface area contributed by atoms with Gasteiger partial charge in [0.05, 0.1) is 6.54 Å². The molecule has 0 aromatic heterocycles. The molecule has 0 spiro atoms. The molecule has 0 bridgehead atoms. The third-order valence-corrected chi connectivity index (χ3v) is 4.69. The van der Waals surface area contributed by atoms with Crippen LogP contribution in [0.25, 0.3) is 0 Å². The van der Waals surface area contributed by atoms with Crippen LogP contribution in [0.4, 0.5) is 5.69 Å². The Hall–Kier alpha value is -2.05. The van der Waals surface area contributed by atoms with E-state index in [0.29, 0.717) is 29.0 Å². The molecule has 1 atom stereocenters. The predicted octanol–water partition coefficient (Wildman–Crippen LogP) is 3.34. The first-order valence-electron chi connectivity index (χ1n) is 7.35. The molecule has 126 valence electrons. The van der Waals surface area contributed by atoms with Crippen molar-refractivity contribution in [1.29, 1.82) is 0 Å². The van der Waals surface area contributed by atoms with Crippen molar-refractivity contribution in [1.82, 2.24) is 4.90 Å². The molecule has 5 nitrogen and oxygen atoms in total. The lowest BCUT2D eigenvalue weighted by molar-refractivity contribution is -0.129. The van der Waals surface area contributed by atoms with Gasteiger partial charge in [-0.1, -0.05) is 35.5 Å². The highest BCUT2D eigenvalue weighted by Crippen LogP contribution is 2.28. The fourth-order valence-electron chi connectivity index (χ4n) is 2.08. The van der Waals surface area contributed by atoms with Gasteiger partial charge in [0.15, 0.2) is 5.17 Å². The maximum Gasteiger partial charge on any atom is 0.238 e. The summed E-state index contributed by atoms with van der Waals surface area (Å²) >= 11 is 7.11. The summed E-state index contributed by atoms with van der Waals surface area (Å²) in [6.07, 6.45) is 3.39. The number of carbonyl (C=O) groups excluding carboxylic acids is 2. The van der Waals surface area contributed by atoms with E-state index >= 15 is 0 Å². The number of nitrogens with zero attached hydrogens (tertiary/aromatic N) is 2. The largest absolute Gasteiger partial charge is 0.325 e. The van der Waals surface area contributed by atoms with Crippen LogP contribution in [0.2, 0.25) is 5.02 Å². The van der Waals surface area contributed by atoms with E-state index in [0.717, 1.165) is 0 Å². The molecule has 7 heteroatoms. The number of rotatable bonds is 6. The highest BCUT2D eigenvalue weighted by Gasteiger charge is 2.35. The van der Waals surface area contributed by atoms with Gasteiger partial charge in [0.25, 0.3) is 0 Å². The first kappa shape index (κ1) is 18.3. The number of carbonyl (C=O) groups is 2. The average Bonchev–Trinajstić information content (AvgIpc) is 2.57. The van der Waals surface area contributed by atoms with Crippen molar-refractivity contribution in [3.05, 3.63) is 54.6 Å². The van der Waals surface area contributed by atoms with E-state index in [4.69, 9.17) is 11.6 Å². The summed E-state index contributed by atoms with van der Waals surface area (Å²) in [6.45, 7) is 8.03. The number of nitrogens with one attached hydrogen (secondary N) is 1. The van der Waals surface area contributed by atoms with E-state index in [9.17, 15) is 9.59 Å². The van der Waals surface area contributed by atoms with Crippen LogP contribution in [0, 0.1) is 0 Å². The molecular weight excluding hydrogens is 346 g/mol. The Kier molecular flexibility index (Phi) is 6.63. The number of thioether (sulfide) groups is 1. The zero-order valence-electron chi connectivity index (χ0n) is 13.1. The lowest BCUT2D eigenvalue weighted by atomic mass is 10.2. The summed E-state index contributed by atoms with van der Waals surface area (Å²) in [5, 5.41) is 3.38. The topological polar surface area (TPSA) is 61.8 Å². The lowest BCUT2D eigenvalue weighted by Crippen LogP contribution is -2.45. The third kappa shape index (κ3) is 4.72. The Balaban J connectivity index is 2.11. The molecule has 1 aromatic carbocycles. The minimum atomic E-state index is -0.530. The highest BCUT2D eigenvalue weighted by atomic mass is 35.5. The minimum Gasteiger partial charge on any atom is -0.325 e. The molecular formula is C17H18ClN3O2S. The van der Waals surface area contributed by atoms with Crippen molar-refractivity contribution in [2.45, 2.75) is 11.7 Å². The van der Waals surface area contributed by atoms with Crippen LogP contribution in [0.5, 0.6) is 0 Å². The van der Waals surface area contributed by atoms with Gasteiger partial charge in [0, 0.05) is 23.7 Å². The number of halogens is 1. The van der Waals surface area contributed by atoms with E-state index in [-0.39, 0.29) is 18.2 Å². The van der Waals surface area contributed by atoms with Crippen LogP contribution in [0.15, 0.2) is 54.6 Å². The smallest absolute Gasteiger partial charge is 0.238 e. The summed E-state index contributed by atoms with van der Waals surface area (Å²) in [5.41, 5.74) is 0.635. The maximum atomic E-state index is 12.5. The Labute approximate surface area is 150 Å². The monoisotopic (exact) mass is 363 g/mol. The van der Waals surface area contributed by atoms with Crippen LogP contribution in [-0.2, 0) is 9.59 Å². The van der Waals surface area contributed by atoms with Crippen LogP contribution >= 0.6 is 23.4 Å². The average molecular weight is 364 g/mol. The molecule has 1 aliphatic rings. The van der Waals surface area contributed by atoms with Crippen LogP contribution in [0.3, 0.4) is 0 Å². The van der Waals surface area contributed by atoms with E-state index < -0.39 is 5.25 Å². The van der Waals surface area contributed by atoms with Crippen molar-refractivity contribution in [3.8, 4) is 0 Å². The normalized spacial score (nSPS) is 19.2. The molecule has 0 radical (unpaired) electrons. The van der Waals surface area contributed by atoms with Crippen molar-refractivity contribution >= 4 is 46.0 Å². The summed E-state index contributed by atoms with van der Waals surface area (Å²) in [6, 6.07) is 6.82. The molecule has 1 N–H and O–H groups in total. The first-order chi connectivity index (χ1) is 11.5. The molecule has 2 amide bonds. The second-order valence-corrected chi connectivity index (χ2v) is 6.62.